The number of aromatic nitrogens is 2. The number of nitrogens with zero attached hydrogens (tertiary/aromatic N) is 2. The molecule has 2 aromatic rings. The minimum absolute atomic E-state index is 0.496. The zero-order valence-electron chi connectivity index (χ0n) is 11.5. The molecule has 5 nitrogen and oxygen atoms in total. The summed E-state index contributed by atoms with van der Waals surface area (Å²) in [5, 5.41) is 0.681. The van der Waals surface area contributed by atoms with Crippen LogP contribution in [0, 0.1) is 6.92 Å². The summed E-state index contributed by atoms with van der Waals surface area (Å²) < 4.78 is 10.7. The van der Waals surface area contributed by atoms with Gasteiger partial charge in [0.15, 0.2) is 5.16 Å². The van der Waals surface area contributed by atoms with E-state index in [4.69, 9.17) is 15.2 Å². The third-order valence-electron chi connectivity index (χ3n) is 2.50. The first-order chi connectivity index (χ1) is 9.67. The maximum Gasteiger partial charge on any atom is 0.189 e. The van der Waals surface area contributed by atoms with Gasteiger partial charge in [0.25, 0.3) is 0 Å². The van der Waals surface area contributed by atoms with Crippen LogP contribution in [0.4, 0.5) is 5.82 Å². The van der Waals surface area contributed by atoms with Crippen LogP contribution >= 0.6 is 11.8 Å². The number of hydrogen-bond acceptors (Lipinski definition) is 6. The van der Waals surface area contributed by atoms with Gasteiger partial charge in [-0.2, -0.15) is 0 Å². The first-order valence-electron chi connectivity index (χ1n) is 6.18. The lowest BCUT2D eigenvalue weighted by molar-refractivity contribution is 0.342. The second-order valence-corrected chi connectivity index (χ2v) is 5.15. The van der Waals surface area contributed by atoms with Gasteiger partial charge in [0.1, 0.15) is 17.3 Å². The van der Waals surface area contributed by atoms with E-state index in [1.807, 2.05) is 31.2 Å². The minimum Gasteiger partial charge on any atom is -0.497 e. The van der Waals surface area contributed by atoms with E-state index >= 15 is 0 Å². The molecule has 0 fully saturated rings. The Kier molecular flexibility index (Phi) is 5.06. The lowest BCUT2D eigenvalue weighted by atomic mass is 10.3. The standard InChI is InChI=1S/C14H17N3O2S/c1-10-9-13(15)17-14(16-10)20-8-7-19-12-5-3-11(18-2)4-6-12/h3-6,9H,7-8H2,1-2H3,(H2,15,16,17). The number of benzene rings is 1. The number of nitrogen functional groups attached to an aromatic ring is 1. The van der Waals surface area contributed by atoms with Gasteiger partial charge >= 0.3 is 0 Å². The van der Waals surface area contributed by atoms with Crippen molar-refractivity contribution in [3.8, 4) is 11.5 Å². The molecule has 0 bridgehead atoms. The third kappa shape index (κ3) is 4.31. The van der Waals surface area contributed by atoms with Gasteiger partial charge in [-0.3, -0.25) is 0 Å². The maximum absolute atomic E-state index is 5.67. The van der Waals surface area contributed by atoms with Gasteiger partial charge in [0.05, 0.1) is 13.7 Å². The number of methoxy groups -OCH3 is 1. The van der Waals surface area contributed by atoms with Gasteiger partial charge in [-0.05, 0) is 31.2 Å². The van der Waals surface area contributed by atoms with Crippen molar-refractivity contribution in [1.82, 2.24) is 9.97 Å². The topological polar surface area (TPSA) is 70.3 Å². The van der Waals surface area contributed by atoms with Gasteiger partial charge in [-0.1, -0.05) is 11.8 Å². The number of nitrogens with two attached hydrogens (primary N) is 1. The Bertz CT molecular complexity index is 541. The van der Waals surface area contributed by atoms with Crippen molar-refractivity contribution >= 4 is 17.6 Å². The fourth-order valence-electron chi connectivity index (χ4n) is 1.59. The fraction of sp³-hybridized carbons (Fsp3) is 0.286. The van der Waals surface area contributed by atoms with Crippen LogP contribution in [0.5, 0.6) is 11.5 Å². The molecule has 1 heterocycles. The summed E-state index contributed by atoms with van der Waals surface area (Å²) in [6.07, 6.45) is 0. The highest BCUT2D eigenvalue weighted by atomic mass is 32.2. The van der Waals surface area contributed by atoms with E-state index < -0.39 is 0 Å². The molecule has 0 aliphatic carbocycles. The van der Waals surface area contributed by atoms with Gasteiger partial charge in [-0.15, -0.1) is 0 Å². The molecule has 0 saturated heterocycles. The van der Waals surface area contributed by atoms with E-state index in [1.165, 1.54) is 11.8 Å². The highest BCUT2D eigenvalue weighted by Gasteiger charge is 2.01. The summed E-state index contributed by atoms with van der Waals surface area (Å²) in [5.74, 6) is 2.89. The quantitative estimate of drug-likeness (QED) is 0.501. The number of aryl methyl sites for hydroxylation is 1. The normalized spacial score (nSPS) is 10.3. The summed E-state index contributed by atoms with van der Waals surface area (Å²) in [7, 11) is 1.64. The molecule has 6 heteroatoms. The van der Waals surface area contributed by atoms with Crippen molar-refractivity contribution < 1.29 is 9.47 Å². The van der Waals surface area contributed by atoms with Crippen LogP contribution in [-0.2, 0) is 0 Å². The molecule has 1 aromatic carbocycles. The van der Waals surface area contributed by atoms with Crippen molar-refractivity contribution in [2.75, 3.05) is 25.2 Å². The smallest absolute Gasteiger partial charge is 0.189 e. The highest BCUT2D eigenvalue weighted by molar-refractivity contribution is 7.99. The largest absolute Gasteiger partial charge is 0.497 e. The zero-order chi connectivity index (χ0) is 14.4. The van der Waals surface area contributed by atoms with Crippen molar-refractivity contribution in [3.05, 3.63) is 36.0 Å². The van der Waals surface area contributed by atoms with Crippen LogP contribution in [-0.4, -0.2) is 29.4 Å². The molecule has 0 unspecified atom stereocenters. The van der Waals surface area contributed by atoms with Crippen LogP contribution in [0.3, 0.4) is 0 Å². The van der Waals surface area contributed by atoms with Crippen LogP contribution in [0.15, 0.2) is 35.5 Å². The number of hydrogen-bond donors (Lipinski definition) is 1. The van der Waals surface area contributed by atoms with Crippen molar-refractivity contribution in [2.24, 2.45) is 0 Å². The molecule has 0 aliphatic rings. The monoisotopic (exact) mass is 291 g/mol. The molecule has 0 saturated carbocycles. The van der Waals surface area contributed by atoms with E-state index in [-0.39, 0.29) is 0 Å². The van der Waals surface area contributed by atoms with Gasteiger partial charge in [0.2, 0.25) is 0 Å². The average molecular weight is 291 g/mol. The minimum atomic E-state index is 0.496. The van der Waals surface area contributed by atoms with Crippen molar-refractivity contribution in [2.45, 2.75) is 12.1 Å². The number of rotatable bonds is 6. The van der Waals surface area contributed by atoms with Crippen LogP contribution in [0.25, 0.3) is 0 Å². The molecule has 0 spiro atoms. The predicted octanol–water partition coefficient (Wildman–Crippen LogP) is 2.55. The maximum atomic E-state index is 5.67. The first kappa shape index (κ1) is 14.5. The summed E-state index contributed by atoms with van der Waals surface area (Å²) in [4.78, 5) is 8.46. The van der Waals surface area contributed by atoms with Gasteiger partial charge < -0.3 is 15.2 Å². The van der Waals surface area contributed by atoms with E-state index in [0.717, 1.165) is 22.9 Å². The van der Waals surface area contributed by atoms with E-state index in [9.17, 15) is 0 Å². The van der Waals surface area contributed by atoms with Crippen LogP contribution in [0.2, 0.25) is 0 Å². The molecule has 0 amide bonds. The Morgan fingerprint density at radius 3 is 2.50 bits per heavy atom. The van der Waals surface area contributed by atoms with Crippen LogP contribution < -0.4 is 15.2 Å². The Hall–Kier alpha value is -1.95. The molecular weight excluding hydrogens is 274 g/mol. The summed E-state index contributed by atoms with van der Waals surface area (Å²) in [6, 6.07) is 9.24. The summed E-state index contributed by atoms with van der Waals surface area (Å²) >= 11 is 1.52. The average Bonchev–Trinajstić information content (AvgIpc) is 2.43. The Morgan fingerprint density at radius 1 is 1.15 bits per heavy atom. The Balaban J connectivity index is 1.78. The highest BCUT2D eigenvalue weighted by Crippen LogP contribution is 2.18. The third-order valence-corrected chi connectivity index (χ3v) is 3.31. The molecule has 0 atom stereocenters. The molecule has 20 heavy (non-hydrogen) atoms. The van der Waals surface area contributed by atoms with E-state index in [2.05, 4.69) is 9.97 Å². The summed E-state index contributed by atoms with van der Waals surface area (Å²) in [6.45, 7) is 2.48. The van der Waals surface area contributed by atoms with E-state index in [0.29, 0.717) is 17.6 Å². The van der Waals surface area contributed by atoms with Crippen molar-refractivity contribution in [3.63, 3.8) is 0 Å². The molecule has 0 radical (unpaired) electrons. The second kappa shape index (κ2) is 7.00. The summed E-state index contributed by atoms with van der Waals surface area (Å²) in [5.41, 5.74) is 6.55. The molecule has 1 aromatic heterocycles. The number of ether oxygens (including phenoxy) is 2. The lowest BCUT2D eigenvalue weighted by Crippen LogP contribution is -2.02. The van der Waals surface area contributed by atoms with E-state index in [1.54, 1.807) is 13.2 Å². The number of thioether (sulfide) groups is 1. The fourth-order valence-corrected chi connectivity index (χ4v) is 2.32. The molecular formula is C14H17N3O2S. The zero-order valence-corrected chi connectivity index (χ0v) is 12.3. The first-order valence-corrected chi connectivity index (χ1v) is 7.17. The molecule has 0 aliphatic heterocycles. The number of anilines is 1. The Labute approximate surface area is 122 Å². The predicted molar refractivity (Wildman–Crippen MR) is 80.4 cm³/mol. The lowest BCUT2D eigenvalue weighted by Gasteiger charge is -2.07. The molecule has 106 valence electrons. The molecule has 2 rings (SSSR count). The van der Waals surface area contributed by atoms with Crippen LogP contribution in [0.1, 0.15) is 5.69 Å². The van der Waals surface area contributed by atoms with Gasteiger partial charge in [0, 0.05) is 17.5 Å². The molecule has 2 N–H and O–H groups in total. The second-order valence-electron chi connectivity index (χ2n) is 4.09. The SMILES string of the molecule is COc1ccc(OCCSc2nc(C)cc(N)n2)cc1. The Morgan fingerprint density at radius 2 is 1.85 bits per heavy atom. The van der Waals surface area contributed by atoms with Crippen molar-refractivity contribution in [1.29, 1.82) is 0 Å². The van der Waals surface area contributed by atoms with Gasteiger partial charge in [-0.25, -0.2) is 9.97 Å².